The highest BCUT2D eigenvalue weighted by Crippen LogP contribution is 2.37. The van der Waals surface area contributed by atoms with Crippen LogP contribution >= 0.6 is 0 Å². The minimum atomic E-state index is -1.03. The van der Waals surface area contributed by atoms with Crippen molar-refractivity contribution in [1.29, 1.82) is 0 Å². The fraction of sp³-hybridized carbons (Fsp3) is 0.400. The number of benzene rings is 1. The van der Waals surface area contributed by atoms with Crippen molar-refractivity contribution in [2.24, 2.45) is 0 Å². The Labute approximate surface area is 113 Å². The normalized spacial score (nSPS) is 17.8. The Morgan fingerprint density at radius 2 is 2.21 bits per heavy atom. The first-order valence-corrected chi connectivity index (χ1v) is 6.44. The molecule has 1 aromatic carbocycles. The van der Waals surface area contributed by atoms with Crippen molar-refractivity contribution in [2.75, 3.05) is 23.4 Å². The Kier molecular flexibility index (Phi) is 3.62. The average molecular weight is 260 g/mol. The van der Waals surface area contributed by atoms with Crippen LogP contribution in [0.4, 0.5) is 11.4 Å². The Balaban J connectivity index is 2.42. The maximum absolute atomic E-state index is 11.7. The molecule has 1 heterocycles. The van der Waals surface area contributed by atoms with Crippen molar-refractivity contribution in [2.45, 2.75) is 26.0 Å². The highest BCUT2D eigenvalue weighted by atomic mass is 16.3. The largest absolute Gasteiger partial charge is 0.378 e. The van der Waals surface area contributed by atoms with Crippen molar-refractivity contribution in [1.82, 2.24) is 0 Å². The third-order valence-electron chi connectivity index (χ3n) is 3.52. The standard InChI is InChI=1S/C15H20N2O2/c1-5-8-17(10(2)3)11-6-7-12-13(9-11)16(4)15(19)14(12)18/h5-7,9-10,14,18H,1,8H2,2-4H3. The van der Waals surface area contributed by atoms with E-state index in [1.807, 2.05) is 24.3 Å². The summed E-state index contributed by atoms with van der Waals surface area (Å²) >= 11 is 0. The first kappa shape index (κ1) is 13.6. The minimum Gasteiger partial charge on any atom is -0.378 e. The second kappa shape index (κ2) is 5.05. The van der Waals surface area contributed by atoms with E-state index < -0.39 is 6.10 Å². The van der Waals surface area contributed by atoms with E-state index in [4.69, 9.17) is 0 Å². The second-order valence-corrected chi connectivity index (χ2v) is 5.08. The first-order valence-electron chi connectivity index (χ1n) is 6.44. The second-order valence-electron chi connectivity index (χ2n) is 5.08. The lowest BCUT2D eigenvalue weighted by Crippen LogP contribution is -2.30. The number of anilines is 2. The van der Waals surface area contributed by atoms with Gasteiger partial charge in [0, 0.05) is 30.9 Å². The average Bonchev–Trinajstić information content (AvgIpc) is 2.60. The van der Waals surface area contributed by atoms with Crippen molar-refractivity contribution in [3.05, 3.63) is 36.4 Å². The molecule has 1 aliphatic rings. The van der Waals surface area contributed by atoms with Crippen LogP contribution < -0.4 is 9.80 Å². The molecule has 1 atom stereocenters. The lowest BCUT2D eigenvalue weighted by atomic mass is 10.1. The minimum absolute atomic E-state index is 0.271. The summed E-state index contributed by atoms with van der Waals surface area (Å²) in [6.45, 7) is 8.74. The number of fused-ring (bicyclic) bond motifs is 1. The molecule has 1 unspecified atom stereocenters. The van der Waals surface area contributed by atoms with Gasteiger partial charge in [0.05, 0.1) is 5.69 Å². The first-order chi connectivity index (χ1) is 8.97. The molecular formula is C15H20N2O2. The number of carbonyl (C=O) groups is 1. The number of hydrogen-bond acceptors (Lipinski definition) is 3. The lowest BCUT2D eigenvalue weighted by Gasteiger charge is -2.28. The van der Waals surface area contributed by atoms with Crippen molar-refractivity contribution in [3.63, 3.8) is 0 Å². The Bertz CT molecular complexity index is 511. The zero-order valence-corrected chi connectivity index (χ0v) is 11.6. The molecule has 0 aromatic heterocycles. The Morgan fingerprint density at radius 1 is 1.53 bits per heavy atom. The molecule has 0 saturated carbocycles. The molecule has 1 N–H and O–H groups in total. The molecule has 19 heavy (non-hydrogen) atoms. The molecule has 1 amide bonds. The molecule has 4 nitrogen and oxygen atoms in total. The van der Waals surface area contributed by atoms with Gasteiger partial charge < -0.3 is 14.9 Å². The fourth-order valence-electron chi connectivity index (χ4n) is 2.42. The topological polar surface area (TPSA) is 43.8 Å². The molecule has 0 bridgehead atoms. The number of rotatable bonds is 4. The van der Waals surface area contributed by atoms with Crippen molar-refractivity contribution < 1.29 is 9.90 Å². The number of aliphatic hydroxyl groups excluding tert-OH is 1. The summed E-state index contributed by atoms with van der Waals surface area (Å²) in [7, 11) is 1.69. The van der Waals surface area contributed by atoms with Crippen molar-refractivity contribution in [3.8, 4) is 0 Å². The van der Waals surface area contributed by atoms with Gasteiger partial charge in [-0.25, -0.2) is 0 Å². The number of carbonyl (C=O) groups excluding carboxylic acids is 1. The SMILES string of the molecule is C=CCN(c1ccc2c(c1)N(C)C(=O)C2O)C(C)C. The highest BCUT2D eigenvalue weighted by molar-refractivity contribution is 6.03. The van der Waals surface area contributed by atoms with Gasteiger partial charge in [-0.3, -0.25) is 4.79 Å². The number of aliphatic hydroxyl groups is 1. The Morgan fingerprint density at radius 3 is 2.79 bits per heavy atom. The maximum atomic E-state index is 11.7. The smallest absolute Gasteiger partial charge is 0.260 e. The van der Waals surface area contributed by atoms with Crippen LogP contribution in [0.3, 0.4) is 0 Å². The van der Waals surface area contributed by atoms with Crippen LogP contribution in [0, 0.1) is 0 Å². The summed E-state index contributed by atoms with van der Waals surface area (Å²) in [4.78, 5) is 15.4. The van der Waals surface area contributed by atoms with Crippen LogP contribution in [0.2, 0.25) is 0 Å². The highest BCUT2D eigenvalue weighted by Gasteiger charge is 2.33. The monoisotopic (exact) mass is 260 g/mol. The molecule has 0 fully saturated rings. The molecule has 0 radical (unpaired) electrons. The van der Waals surface area contributed by atoms with Crippen LogP contribution in [0.15, 0.2) is 30.9 Å². The summed E-state index contributed by atoms with van der Waals surface area (Å²) < 4.78 is 0. The van der Waals surface area contributed by atoms with Gasteiger partial charge >= 0.3 is 0 Å². The lowest BCUT2D eigenvalue weighted by molar-refractivity contribution is -0.125. The van der Waals surface area contributed by atoms with Crippen LogP contribution in [0.5, 0.6) is 0 Å². The molecule has 0 saturated heterocycles. The molecule has 4 heteroatoms. The predicted octanol–water partition coefficient (Wildman–Crippen LogP) is 2.10. The van der Waals surface area contributed by atoms with Gasteiger partial charge in [0.15, 0.2) is 6.10 Å². The molecular weight excluding hydrogens is 240 g/mol. The van der Waals surface area contributed by atoms with Crippen molar-refractivity contribution >= 4 is 17.3 Å². The van der Waals surface area contributed by atoms with Gasteiger partial charge in [-0.05, 0) is 26.0 Å². The predicted molar refractivity (Wildman–Crippen MR) is 77.5 cm³/mol. The van der Waals surface area contributed by atoms with Crippen LogP contribution in [0.25, 0.3) is 0 Å². The summed E-state index contributed by atoms with van der Waals surface area (Å²) in [5.74, 6) is -0.271. The fourth-order valence-corrected chi connectivity index (χ4v) is 2.42. The number of amides is 1. The van der Waals surface area contributed by atoms with E-state index in [-0.39, 0.29) is 5.91 Å². The van der Waals surface area contributed by atoms with Gasteiger partial charge in [-0.15, -0.1) is 6.58 Å². The van der Waals surface area contributed by atoms with E-state index in [9.17, 15) is 9.90 Å². The van der Waals surface area contributed by atoms with E-state index in [0.717, 1.165) is 17.9 Å². The maximum Gasteiger partial charge on any atom is 0.260 e. The van der Waals surface area contributed by atoms with Gasteiger partial charge in [-0.2, -0.15) is 0 Å². The van der Waals surface area contributed by atoms with Crippen LogP contribution in [-0.4, -0.2) is 30.6 Å². The molecule has 102 valence electrons. The van der Waals surface area contributed by atoms with Gasteiger partial charge in [-0.1, -0.05) is 12.1 Å². The number of hydrogen-bond donors (Lipinski definition) is 1. The van der Waals surface area contributed by atoms with E-state index >= 15 is 0 Å². The van der Waals surface area contributed by atoms with E-state index in [2.05, 4.69) is 25.3 Å². The summed E-state index contributed by atoms with van der Waals surface area (Å²) in [5.41, 5.74) is 2.49. The molecule has 0 aliphatic carbocycles. The molecule has 0 spiro atoms. The third kappa shape index (κ3) is 2.24. The van der Waals surface area contributed by atoms with Gasteiger partial charge in [0.25, 0.3) is 5.91 Å². The zero-order valence-electron chi connectivity index (χ0n) is 11.6. The van der Waals surface area contributed by atoms with Gasteiger partial charge in [0.1, 0.15) is 0 Å². The number of likely N-dealkylation sites (N-methyl/N-ethyl adjacent to an activating group) is 1. The van der Waals surface area contributed by atoms with E-state index in [1.165, 1.54) is 4.90 Å². The van der Waals surface area contributed by atoms with Gasteiger partial charge in [0.2, 0.25) is 0 Å². The quantitative estimate of drug-likeness (QED) is 0.843. The Hall–Kier alpha value is -1.81. The molecule has 1 aromatic rings. The summed E-state index contributed by atoms with van der Waals surface area (Å²) in [6, 6.07) is 6.06. The third-order valence-corrected chi connectivity index (χ3v) is 3.52. The van der Waals surface area contributed by atoms with Crippen LogP contribution in [-0.2, 0) is 4.79 Å². The molecule has 2 rings (SSSR count). The van der Waals surface area contributed by atoms with E-state index in [0.29, 0.717) is 11.6 Å². The summed E-state index contributed by atoms with van der Waals surface area (Å²) in [6.07, 6.45) is 0.831. The zero-order chi connectivity index (χ0) is 14.2. The summed E-state index contributed by atoms with van der Waals surface area (Å²) in [5, 5.41) is 9.84. The van der Waals surface area contributed by atoms with E-state index in [1.54, 1.807) is 7.05 Å². The number of nitrogens with zero attached hydrogens (tertiary/aromatic N) is 2. The van der Waals surface area contributed by atoms with Crippen LogP contribution in [0.1, 0.15) is 25.5 Å². The molecule has 1 aliphatic heterocycles.